The fraction of sp³-hybridized carbons (Fsp3) is 0.400. The Morgan fingerprint density at radius 1 is 0.920 bits per heavy atom. The third kappa shape index (κ3) is 6.05. The third-order valence-electron chi connectivity index (χ3n) is 3.86. The number of hydrogen-bond donors (Lipinski definition) is 1. The molecule has 2 atom stereocenters. The maximum absolute atomic E-state index is 9.96. The molecule has 1 fully saturated rings. The van der Waals surface area contributed by atoms with Gasteiger partial charge in [0.1, 0.15) is 30.0 Å². The molecule has 5 nitrogen and oxygen atoms in total. The molecule has 0 radical (unpaired) electrons. The van der Waals surface area contributed by atoms with Crippen molar-refractivity contribution in [1.82, 2.24) is 0 Å². The topological polar surface area (TPSA) is 57.2 Å². The monoisotopic (exact) mass is 344 g/mol. The summed E-state index contributed by atoms with van der Waals surface area (Å²) in [6.45, 7) is 1.11. The number of hydrogen-bond acceptors (Lipinski definition) is 5. The first-order valence-electron chi connectivity index (χ1n) is 8.66. The number of aliphatic hydroxyl groups is 1. The maximum atomic E-state index is 9.96. The molecule has 1 unspecified atom stereocenters. The zero-order chi connectivity index (χ0) is 17.3. The number of benzene rings is 2. The van der Waals surface area contributed by atoms with Crippen LogP contribution in [0.1, 0.15) is 19.3 Å². The minimum atomic E-state index is -0.689. The van der Waals surface area contributed by atoms with Crippen LogP contribution in [-0.2, 0) is 9.47 Å². The SMILES string of the molecule is O[C@@H](COc1ccc(Oc2ccccc2)cc1)COC1CCCCO1. The van der Waals surface area contributed by atoms with Crippen LogP contribution in [0.2, 0.25) is 0 Å². The zero-order valence-electron chi connectivity index (χ0n) is 14.2. The van der Waals surface area contributed by atoms with Gasteiger partial charge < -0.3 is 24.1 Å². The van der Waals surface area contributed by atoms with Gasteiger partial charge in [0.15, 0.2) is 6.29 Å². The van der Waals surface area contributed by atoms with Crippen molar-refractivity contribution in [3.63, 3.8) is 0 Å². The Morgan fingerprint density at radius 2 is 1.64 bits per heavy atom. The lowest BCUT2D eigenvalue weighted by Crippen LogP contribution is -2.29. The molecule has 0 amide bonds. The molecule has 1 aliphatic heterocycles. The average molecular weight is 344 g/mol. The lowest BCUT2D eigenvalue weighted by molar-refractivity contribution is -0.177. The van der Waals surface area contributed by atoms with E-state index in [0.717, 1.165) is 37.4 Å². The summed E-state index contributed by atoms with van der Waals surface area (Å²) in [6.07, 6.45) is 2.18. The second-order valence-electron chi connectivity index (χ2n) is 5.98. The summed E-state index contributed by atoms with van der Waals surface area (Å²) in [5.41, 5.74) is 0. The highest BCUT2D eigenvalue weighted by Gasteiger charge is 2.16. The van der Waals surface area contributed by atoms with Crippen LogP contribution in [0.3, 0.4) is 0 Å². The van der Waals surface area contributed by atoms with Crippen molar-refractivity contribution < 1.29 is 24.1 Å². The normalized spacial score (nSPS) is 18.5. The van der Waals surface area contributed by atoms with Crippen LogP contribution >= 0.6 is 0 Å². The van der Waals surface area contributed by atoms with E-state index in [1.54, 1.807) is 0 Å². The van der Waals surface area contributed by atoms with Gasteiger partial charge in [-0.25, -0.2) is 0 Å². The van der Waals surface area contributed by atoms with Crippen molar-refractivity contribution in [2.75, 3.05) is 19.8 Å². The zero-order valence-corrected chi connectivity index (χ0v) is 14.2. The van der Waals surface area contributed by atoms with E-state index < -0.39 is 6.10 Å². The van der Waals surface area contributed by atoms with E-state index in [-0.39, 0.29) is 19.5 Å². The van der Waals surface area contributed by atoms with E-state index in [0.29, 0.717) is 5.75 Å². The molecule has 1 N–H and O–H groups in total. The van der Waals surface area contributed by atoms with Gasteiger partial charge >= 0.3 is 0 Å². The molecule has 3 rings (SSSR count). The molecule has 5 heteroatoms. The average Bonchev–Trinajstić information content (AvgIpc) is 2.67. The summed E-state index contributed by atoms with van der Waals surface area (Å²) in [6, 6.07) is 16.9. The Morgan fingerprint density at radius 3 is 2.36 bits per heavy atom. The lowest BCUT2D eigenvalue weighted by Gasteiger charge is -2.24. The van der Waals surface area contributed by atoms with Crippen LogP contribution in [0.5, 0.6) is 17.2 Å². The Balaban J connectivity index is 1.39. The summed E-state index contributed by atoms with van der Waals surface area (Å²) in [7, 11) is 0. The lowest BCUT2D eigenvalue weighted by atomic mass is 10.2. The van der Waals surface area contributed by atoms with Gasteiger partial charge in [-0.15, -0.1) is 0 Å². The highest BCUT2D eigenvalue weighted by molar-refractivity contribution is 5.35. The van der Waals surface area contributed by atoms with Crippen LogP contribution in [0.25, 0.3) is 0 Å². The molecule has 134 valence electrons. The molecule has 2 aromatic rings. The van der Waals surface area contributed by atoms with Gasteiger partial charge in [0, 0.05) is 6.61 Å². The van der Waals surface area contributed by atoms with E-state index in [1.807, 2.05) is 54.6 Å². The first-order chi connectivity index (χ1) is 12.3. The second kappa shape index (κ2) is 9.42. The van der Waals surface area contributed by atoms with E-state index >= 15 is 0 Å². The molecule has 1 aliphatic rings. The minimum absolute atomic E-state index is 0.172. The van der Waals surface area contributed by atoms with Crippen molar-refractivity contribution in [1.29, 1.82) is 0 Å². The van der Waals surface area contributed by atoms with E-state index in [2.05, 4.69) is 0 Å². The molecule has 0 aliphatic carbocycles. The van der Waals surface area contributed by atoms with Gasteiger partial charge in [-0.05, 0) is 55.7 Å². The molecule has 0 saturated carbocycles. The van der Waals surface area contributed by atoms with Gasteiger partial charge in [-0.1, -0.05) is 18.2 Å². The summed E-state index contributed by atoms with van der Waals surface area (Å²) in [5.74, 6) is 2.19. The Labute approximate surface area is 148 Å². The van der Waals surface area contributed by atoms with E-state index in [9.17, 15) is 5.11 Å². The predicted octanol–water partition coefficient (Wildman–Crippen LogP) is 3.76. The standard InChI is InChI=1S/C20H24O5/c21-16(15-24-20-8-4-5-13-22-20)14-23-17-9-11-19(12-10-17)25-18-6-2-1-3-7-18/h1-3,6-7,9-12,16,20-21H,4-5,8,13-15H2/t16-,20?/m0/s1. The van der Waals surface area contributed by atoms with Gasteiger partial charge in [-0.2, -0.15) is 0 Å². The fourth-order valence-electron chi connectivity index (χ4n) is 2.53. The minimum Gasteiger partial charge on any atom is -0.491 e. The molecule has 1 heterocycles. The first-order valence-corrected chi connectivity index (χ1v) is 8.66. The highest BCUT2D eigenvalue weighted by atomic mass is 16.7. The van der Waals surface area contributed by atoms with E-state index in [1.165, 1.54) is 0 Å². The second-order valence-corrected chi connectivity index (χ2v) is 5.98. The highest BCUT2D eigenvalue weighted by Crippen LogP contribution is 2.23. The quantitative estimate of drug-likeness (QED) is 0.790. The van der Waals surface area contributed by atoms with Crippen LogP contribution < -0.4 is 9.47 Å². The maximum Gasteiger partial charge on any atom is 0.157 e. The van der Waals surface area contributed by atoms with Gasteiger partial charge in [0.05, 0.1) is 6.61 Å². The third-order valence-corrected chi connectivity index (χ3v) is 3.86. The van der Waals surface area contributed by atoms with Crippen molar-refractivity contribution in [2.45, 2.75) is 31.7 Å². The fourth-order valence-corrected chi connectivity index (χ4v) is 2.53. The molecule has 0 bridgehead atoms. The molecule has 0 aromatic heterocycles. The summed E-state index contributed by atoms with van der Waals surface area (Å²) >= 11 is 0. The van der Waals surface area contributed by atoms with Crippen LogP contribution in [0, 0.1) is 0 Å². The summed E-state index contributed by atoms with van der Waals surface area (Å²) < 4.78 is 22.3. The number of aliphatic hydroxyl groups excluding tert-OH is 1. The number of para-hydroxylation sites is 1. The molecular weight excluding hydrogens is 320 g/mol. The van der Waals surface area contributed by atoms with Gasteiger partial charge in [0.25, 0.3) is 0 Å². The van der Waals surface area contributed by atoms with E-state index in [4.69, 9.17) is 18.9 Å². The molecule has 0 spiro atoms. The summed E-state index contributed by atoms with van der Waals surface area (Å²) in [4.78, 5) is 0. The molecule has 2 aromatic carbocycles. The smallest absolute Gasteiger partial charge is 0.157 e. The van der Waals surface area contributed by atoms with Crippen LogP contribution in [-0.4, -0.2) is 37.3 Å². The molecule has 1 saturated heterocycles. The van der Waals surface area contributed by atoms with Crippen molar-refractivity contribution in [2.24, 2.45) is 0 Å². The van der Waals surface area contributed by atoms with Crippen LogP contribution in [0.4, 0.5) is 0 Å². The van der Waals surface area contributed by atoms with Crippen molar-refractivity contribution in [3.05, 3.63) is 54.6 Å². The first kappa shape index (κ1) is 17.7. The van der Waals surface area contributed by atoms with Gasteiger partial charge in [-0.3, -0.25) is 0 Å². The Kier molecular flexibility index (Phi) is 6.68. The Hall–Kier alpha value is -2.08. The molecule has 25 heavy (non-hydrogen) atoms. The predicted molar refractivity (Wildman–Crippen MR) is 94.0 cm³/mol. The number of rotatable bonds is 8. The largest absolute Gasteiger partial charge is 0.491 e. The van der Waals surface area contributed by atoms with Crippen molar-refractivity contribution >= 4 is 0 Å². The van der Waals surface area contributed by atoms with Crippen molar-refractivity contribution in [3.8, 4) is 17.2 Å². The van der Waals surface area contributed by atoms with Crippen LogP contribution in [0.15, 0.2) is 54.6 Å². The number of ether oxygens (including phenoxy) is 4. The van der Waals surface area contributed by atoms with Gasteiger partial charge in [0.2, 0.25) is 0 Å². The Bertz CT molecular complexity index is 608. The molecular formula is C20H24O5. The summed E-state index contributed by atoms with van der Waals surface area (Å²) in [5, 5.41) is 9.96.